The van der Waals surface area contributed by atoms with E-state index in [1.54, 1.807) is 17.6 Å². The summed E-state index contributed by atoms with van der Waals surface area (Å²) in [4.78, 5) is 28.6. The molecule has 1 N–H and O–H groups in total. The number of hydrogen-bond acceptors (Lipinski definition) is 6. The van der Waals surface area contributed by atoms with E-state index in [0.717, 1.165) is 4.90 Å². The Bertz CT molecular complexity index is 868. The van der Waals surface area contributed by atoms with E-state index < -0.39 is 10.8 Å². The van der Waals surface area contributed by atoms with E-state index in [1.807, 2.05) is 30.3 Å². The summed E-state index contributed by atoms with van der Waals surface area (Å²) >= 11 is 2.66. The predicted molar refractivity (Wildman–Crippen MR) is 93.7 cm³/mol. The van der Waals surface area contributed by atoms with Gasteiger partial charge in [-0.2, -0.15) is 0 Å². The Balaban J connectivity index is 1.95. The number of aromatic nitrogens is 1. The van der Waals surface area contributed by atoms with Gasteiger partial charge in [-0.05, 0) is 18.2 Å². The van der Waals surface area contributed by atoms with E-state index in [2.05, 4.69) is 10.3 Å². The molecule has 24 heavy (non-hydrogen) atoms. The van der Waals surface area contributed by atoms with Gasteiger partial charge >= 0.3 is 0 Å². The quantitative estimate of drug-likeness (QED) is 0.538. The Labute approximate surface area is 145 Å². The molecule has 0 fully saturated rings. The Hall–Kier alpha value is -2.71. The van der Waals surface area contributed by atoms with Crippen LogP contribution in [0, 0.1) is 10.1 Å². The van der Waals surface area contributed by atoms with Crippen LogP contribution in [0.2, 0.25) is 0 Å². The van der Waals surface area contributed by atoms with Gasteiger partial charge in [0.1, 0.15) is 0 Å². The molecule has 1 heterocycles. The molecule has 0 unspecified atom stereocenters. The molecule has 0 radical (unpaired) electrons. The van der Waals surface area contributed by atoms with Gasteiger partial charge < -0.3 is 0 Å². The monoisotopic (exact) mass is 357 g/mol. The number of nitro groups is 1. The number of hydrogen-bond donors (Lipinski definition) is 1. The molecule has 0 saturated heterocycles. The van der Waals surface area contributed by atoms with Crippen molar-refractivity contribution in [1.29, 1.82) is 0 Å². The van der Waals surface area contributed by atoms with Gasteiger partial charge in [0.2, 0.25) is 0 Å². The molecule has 0 aliphatic carbocycles. The van der Waals surface area contributed by atoms with Gasteiger partial charge in [-0.15, -0.1) is 11.3 Å². The van der Waals surface area contributed by atoms with Crippen molar-refractivity contribution >= 4 is 39.8 Å². The molecule has 0 aliphatic rings. The third-order valence-corrected chi connectivity index (χ3v) is 4.81. The molecule has 1 aromatic heterocycles. The highest BCUT2D eigenvalue weighted by molar-refractivity contribution is 7.99. The Kier molecular flexibility index (Phi) is 4.88. The molecule has 3 rings (SSSR count). The molecule has 0 bridgehead atoms. The van der Waals surface area contributed by atoms with Crippen LogP contribution in [0.15, 0.2) is 69.9 Å². The van der Waals surface area contributed by atoms with E-state index in [4.69, 9.17) is 0 Å². The highest BCUT2D eigenvalue weighted by atomic mass is 32.2. The SMILES string of the molecule is O=C(Nc1nccs1)c1cc([N+](=O)[O-])ccc1Sc1ccccc1. The average Bonchev–Trinajstić information content (AvgIpc) is 3.09. The van der Waals surface area contributed by atoms with Crippen molar-refractivity contribution in [2.24, 2.45) is 0 Å². The first-order chi connectivity index (χ1) is 11.6. The summed E-state index contributed by atoms with van der Waals surface area (Å²) < 4.78 is 0. The van der Waals surface area contributed by atoms with Crippen molar-refractivity contribution in [3.05, 3.63) is 75.8 Å². The number of non-ortho nitro benzene ring substituents is 1. The standard InChI is InChI=1S/C16H11N3O3S2/c20-15(18-16-17-8-9-23-16)13-10-11(19(21)22)6-7-14(13)24-12-4-2-1-3-5-12/h1-10H,(H,17,18,20). The van der Waals surface area contributed by atoms with E-state index >= 15 is 0 Å². The normalized spacial score (nSPS) is 10.3. The van der Waals surface area contributed by atoms with Crippen LogP contribution < -0.4 is 5.32 Å². The molecule has 2 aromatic carbocycles. The molecule has 120 valence electrons. The number of nitrogens with one attached hydrogen (secondary N) is 1. The minimum Gasteiger partial charge on any atom is -0.298 e. The zero-order chi connectivity index (χ0) is 16.9. The van der Waals surface area contributed by atoms with Crippen LogP contribution in [-0.2, 0) is 0 Å². The first-order valence-electron chi connectivity index (χ1n) is 6.85. The van der Waals surface area contributed by atoms with Crippen LogP contribution in [0.4, 0.5) is 10.8 Å². The molecule has 6 nitrogen and oxygen atoms in total. The lowest BCUT2D eigenvalue weighted by Crippen LogP contribution is -2.13. The number of nitrogens with zero attached hydrogens (tertiary/aromatic N) is 2. The smallest absolute Gasteiger partial charge is 0.270 e. The van der Waals surface area contributed by atoms with Crippen LogP contribution in [-0.4, -0.2) is 15.8 Å². The topological polar surface area (TPSA) is 85.1 Å². The lowest BCUT2D eigenvalue weighted by Gasteiger charge is -2.09. The highest BCUT2D eigenvalue weighted by Gasteiger charge is 2.18. The molecule has 3 aromatic rings. The molecule has 0 saturated carbocycles. The summed E-state index contributed by atoms with van der Waals surface area (Å²) in [6, 6.07) is 13.8. The fourth-order valence-electron chi connectivity index (χ4n) is 1.96. The first-order valence-corrected chi connectivity index (χ1v) is 8.55. The van der Waals surface area contributed by atoms with E-state index in [9.17, 15) is 14.9 Å². The summed E-state index contributed by atoms with van der Waals surface area (Å²) in [5.74, 6) is -0.424. The van der Waals surface area contributed by atoms with Crippen LogP contribution in [0.1, 0.15) is 10.4 Å². The largest absolute Gasteiger partial charge is 0.298 e. The Morgan fingerprint density at radius 3 is 2.67 bits per heavy atom. The fourth-order valence-corrected chi connectivity index (χ4v) is 3.43. The highest BCUT2D eigenvalue weighted by Crippen LogP contribution is 2.33. The third kappa shape index (κ3) is 3.79. The molecule has 0 spiro atoms. The molecular weight excluding hydrogens is 346 g/mol. The van der Waals surface area contributed by atoms with Crippen molar-refractivity contribution in [2.75, 3.05) is 5.32 Å². The second kappa shape index (κ2) is 7.24. The number of anilines is 1. The molecular formula is C16H11N3O3S2. The number of amides is 1. The number of carbonyl (C=O) groups is 1. The maximum Gasteiger partial charge on any atom is 0.270 e. The number of benzene rings is 2. The molecule has 0 atom stereocenters. The average molecular weight is 357 g/mol. The number of carbonyl (C=O) groups excluding carboxylic acids is 1. The lowest BCUT2D eigenvalue weighted by molar-refractivity contribution is -0.384. The van der Waals surface area contributed by atoms with E-state index in [0.29, 0.717) is 10.0 Å². The van der Waals surface area contributed by atoms with Crippen molar-refractivity contribution in [3.8, 4) is 0 Å². The molecule has 0 aliphatic heterocycles. The lowest BCUT2D eigenvalue weighted by atomic mass is 10.2. The summed E-state index contributed by atoms with van der Waals surface area (Å²) in [5, 5.41) is 15.9. The van der Waals surface area contributed by atoms with Gasteiger partial charge in [0.15, 0.2) is 5.13 Å². The van der Waals surface area contributed by atoms with Crippen molar-refractivity contribution in [3.63, 3.8) is 0 Å². The van der Waals surface area contributed by atoms with Gasteiger partial charge in [0.05, 0.1) is 10.5 Å². The minimum absolute atomic E-state index is 0.128. The third-order valence-electron chi connectivity index (χ3n) is 3.04. The summed E-state index contributed by atoms with van der Waals surface area (Å²) in [5.41, 5.74) is 0.116. The van der Waals surface area contributed by atoms with Gasteiger partial charge in [-0.25, -0.2) is 4.98 Å². The Morgan fingerprint density at radius 2 is 2.00 bits per heavy atom. The number of nitro benzene ring substituents is 1. The first kappa shape index (κ1) is 16.2. The van der Waals surface area contributed by atoms with Crippen LogP contribution >= 0.6 is 23.1 Å². The molecule has 1 amide bonds. The van der Waals surface area contributed by atoms with Crippen molar-refractivity contribution in [1.82, 2.24) is 4.98 Å². The van der Waals surface area contributed by atoms with Crippen LogP contribution in [0.3, 0.4) is 0 Å². The summed E-state index contributed by atoms with van der Waals surface area (Å²) in [6.45, 7) is 0. The van der Waals surface area contributed by atoms with Crippen molar-refractivity contribution in [2.45, 2.75) is 9.79 Å². The number of rotatable bonds is 5. The fraction of sp³-hybridized carbons (Fsp3) is 0. The van der Waals surface area contributed by atoms with Crippen LogP contribution in [0.25, 0.3) is 0 Å². The maximum absolute atomic E-state index is 12.5. The zero-order valence-electron chi connectivity index (χ0n) is 12.2. The second-order valence-electron chi connectivity index (χ2n) is 4.64. The Morgan fingerprint density at radius 1 is 1.21 bits per heavy atom. The van der Waals surface area contributed by atoms with Gasteiger partial charge in [-0.3, -0.25) is 20.2 Å². The van der Waals surface area contributed by atoms with Crippen molar-refractivity contribution < 1.29 is 9.72 Å². The van der Waals surface area contributed by atoms with E-state index in [-0.39, 0.29) is 11.3 Å². The summed E-state index contributed by atoms with van der Waals surface area (Å²) in [6.07, 6.45) is 1.58. The minimum atomic E-state index is -0.517. The zero-order valence-corrected chi connectivity index (χ0v) is 13.8. The molecule has 8 heteroatoms. The van der Waals surface area contributed by atoms with Gasteiger partial charge in [-0.1, -0.05) is 30.0 Å². The van der Waals surface area contributed by atoms with E-state index in [1.165, 1.54) is 35.2 Å². The second-order valence-corrected chi connectivity index (χ2v) is 6.65. The van der Waals surface area contributed by atoms with Crippen LogP contribution in [0.5, 0.6) is 0 Å². The van der Waals surface area contributed by atoms with Gasteiger partial charge in [0.25, 0.3) is 11.6 Å². The maximum atomic E-state index is 12.5. The summed E-state index contributed by atoms with van der Waals surface area (Å²) in [7, 11) is 0. The van der Waals surface area contributed by atoms with Gasteiger partial charge in [0, 0.05) is 33.5 Å². The number of thiazole rings is 1. The predicted octanol–water partition coefficient (Wildman–Crippen LogP) is 4.45.